The van der Waals surface area contributed by atoms with Crippen molar-refractivity contribution in [1.29, 1.82) is 0 Å². The Labute approximate surface area is 122 Å². The van der Waals surface area contributed by atoms with Gasteiger partial charge in [0.05, 0.1) is 17.7 Å². The highest BCUT2D eigenvalue weighted by molar-refractivity contribution is 5.98. The van der Waals surface area contributed by atoms with E-state index in [0.717, 1.165) is 22.2 Å². The van der Waals surface area contributed by atoms with Crippen LogP contribution in [0.2, 0.25) is 0 Å². The molecule has 21 heavy (non-hydrogen) atoms. The van der Waals surface area contributed by atoms with Gasteiger partial charge in [-0.1, -0.05) is 32.0 Å². The van der Waals surface area contributed by atoms with Crippen LogP contribution in [0.15, 0.2) is 24.3 Å². The summed E-state index contributed by atoms with van der Waals surface area (Å²) in [7, 11) is 0. The van der Waals surface area contributed by atoms with E-state index < -0.39 is 0 Å². The Morgan fingerprint density at radius 3 is 2.81 bits per heavy atom. The first-order chi connectivity index (χ1) is 10.1. The lowest BCUT2D eigenvalue weighted by Crippen LogP contribution is -2.02. The highest BCUT2D eigenvalue weighted by Crippen LogP contribution is 2.30. The van der Waals surface area contributed by atoms with E-state index in [9.17, 15) is 5.11 Å². The van der Waals surface area contributed by atoms with Crippen LogP contribution in [0.4, 0.5) is 5.82 Å². The number of fused-ring (bicyclic) bond motifs is 1. The average Bonchev–Trinajstić information content (AvgIpc) is 2.91. The summed E-state index contributed by atoms with van der Waals surface area (Å²) >= 11 is 0. The molecule has 0 saturated heterocycles. The quantitative estimate of drug-likeness (QED) is 0.684. The number of nitrogens with one attached hydrogen (secondary N) is 1. The molecule has 0 atom stereocenters. The van der Waals surface area contributed by atoms with Gasteiger partial charge in [-0.05, 0) is 11.6 Å². The molecule has 2 aromatic heterocycles. The maximum absolute atomic E-state index is 9.25. The summed E-state index contributed by atoms with van der Waals surface area (Å²) in [5.41, 5.74) is 9.15. The smallest absolute Gasteiger partial charge is 0.187 e. The Kier molecular flexibility index (Phi) is 3.31. The zero-order valence-corrected chi connectivity index (χ0v) is 12.0. The number of nitrogen functional groups attached to an aromatic ring is 1. The third-order valence-corrected chi connectivity index (χ3v) is 3.37. The summed E-state index contributed by atoms with van der Waals surface area (Å²) in [6.07, 6.45) is 0. The van der Waals surface area contributed by atoms with Crippen molar-refractivity contribution in [3.63, 3.8) is 0 Å². The molecule has 0 aliphatic carbocycles. The van der Waals surface area contributed by atoms with Crippen LogP contribution in [0.3, 0.4) is 0 Å². The molecular formula is C15H17N5O. The molecule has 0 saturated carbocycles. The third-order valence-electron chi connectivity index (χ3n) is 3.37. The Morgan fingerprint density at radius 1 is 1.29 bits per heavy atom. The van der Waals surface area contributed by atoms with Crippen molar-refractivity contribution < 1.29 is 5.11 Å². The number of anilines is 1. The van der Waals surface area contributed by atoms with Crippen molar-refractivity contribution in [1.82, 2.24) is 20.2 Å². The number of nitrogens with zero attached hydrogens (tertiary/aromatic N) is 3. The highest BCUT2D eigenvalue weighted by atomic mass is 16.3. The van der Waals surface area contributed by atoms with Crippen molar-refractivity contribution in [2.45, 2.75) is 26.4 Å². The predicted octanol–water partition coefficient (Wildman–Crippen LogP) is 2.22. The van der Waals surface area contributed by atoms with E-state index >= 15 is 0 Å². The molecule has 0 unspecified atom stereocenters. The van der Waals surface area contributed by atoms with Crippen molar-refractivity contribution in [3.05, 3.63) is 35.7 Å². The van der Waals surface area contributed by atoms with E-state index in [0.29, 0.717) is 17.3 Å². The van der Waals surface area contributed by atoms with Gasteiger partial charge in [0.25, 0.3) is 0 Å². The Hall–Kier alpha value is -2.47. The van der Waals surface area contributed by atoms with Crippen LogP contribution in [0.25, 0.3) is 22.3 Å². The predicted molar refractivity (Wildman–Crippen MR) is 81.5 cm³/mol. The van der Waals surface area contributed by atoms with Gasteiger partial charge in [-0.15, -0.1) is 0 Å². The monoisotopic (exact) mass is 283 g/mol. The Balaban J connectivity index is 2.20. The molecule has 3 rings (SSSR count). The number of hydrogen-bond acceptors (Lipinski definition) is 5. The molecule has 0 fully saturated rings. The Morgan fingerprint density at radius 2 is 2.10 bits per heavy atom. The second-order valence-electron chi connectivity index (χ2n) is 5.28. The summed E-state index contributed by atoms with van der Waals surface area (Å²) < 4.78 is 0. The zero-order chi connectivity index (χ0) is 15.0. The first-order valence-electron chi connectivity index (χ1n) is 6.81. The average molecular weight is 283 g/mol. The van der Waals surface area contributed by atoms with Gasteiger partial charge in [-0.2, -0.15) is 5.10 Å². The van der Waals surface area contributed by atoms with Gasteiger partial charge in [-0.25, -0.2) is 9.97 Å². The Bertz CT molecular complexity index is 794. The third kappa shape index (κ3) is 2.34. The molecule has 0 aliphatic rings. The largest absolute Gasteiger partial charge is 0.392 e. The zero-order valence-electron chi connectivity index (χ0n) is 12.0. The van der Waals surface area contributed by atoms with Crippen LogP contribution >= 0.6 is 0 Å². The standard InChI is InChI=1S/C15H17N5O/c1-8(2)14-17-13(16)11-12(19-20-15(11)18-14)10-5-3-4-9(6-10)7-21/h3-6,8,21H,7H2,1-2H3,(H3,16,17,18,19,20). The summed E-state index contributed by atoms with van der Waals surface area (Å²) in [6, 6.07) is 7.57. The van der Waals surface area contributed by atoms with Crippen LogP contribution in [-0.4, -0.2) is 25.3 Å². The van der Waals surface area contributed by atoms with Crippen LogP contribution in [0.1, 0.15) is 31.2 Å². The molecule has 1 aromatic carbocycles. The number of nitrogens with two attached hydrogens (primary N) is 1. The van der Waals surface area contributed by atoms with Crippen molar-refractivity contribution in [2.75, 3.05) is 5.73 Å². The first-order valence-corrected chi connectivity index (χ1v) is 6.81. The fourth-order valence-corrected chi connectivity index (χ4v) is 2.26. The normalized spacial score (nSPS) is 11.4. The van der Waals surface area contributed by atoms with Crippen molar-refractivity contribution >= 4 is 16.9 Å². The molecule has 4 N–H and O–H groups in total. The lowest BCUT2D eigenvalue weighted by Gasteiger charge is -2.06. The SMILES string of the molecule is CC(C)c1nc(N)c2c(-c3cccc(CO)c3)[nH]nc2n1. The van der Waals surface area contributed by atoms with Gasteiger partial charge in [0.2, 0.25) is 0 Å². The minimum absolute atomic E-state index is 0.0105. The fraction of sp³-hybridized carbons (Fsp3) is 0.267. The summed E-state index contributed by atoms with van der Waals surface area (Å²) in [5.74, 6) is 1.29. The first kappa shape index (κ1) is 13.5. The lowest BCUT2D eigenvalue weighted by atomic mass is 10.1. The second kappa shape index (κ2) is 5.14. The van der Waals surface area contributed by atoms with E-state index in [1.165, 1.54) is 0 Å². The van der Waals surface area contributed by atoms with Crippen LogP contribution in [0, 0.1) is 0 Å². The number of hydrogen-bond donors (Lipinski definition) is 3. The van der Waals surface area contributed by atoms with Crippen LogP contribution in [0.5, 0.6) is 0 Å². The van der Waals surface area contributed by atoms with Crippen molar-refractivity contribution in [2.24, 2.45) is 0 Å². The van der Waals surface area contributed by atoms with Crippen LogP contribution in [-0.2, 0) is 6.61 Å². The number of aliphatic hydroxyl groups excluding tert-OH is 1. The molecule has 0 radical (unpaired) electrons. The van der Waals surface area contributed by atoms with Gasteiger partial charge < -0.3 is 10.8 Å². The summed E-state index contributed by atoms with van der Waals surface area (Å²) in [5, 5.41) is 17.2. The van der Waals surface area contributed by atoms with Gasteiger partial charge in [-0.3, -0.25) is 5.10 Å². The molecule has 2 heterocycles. The van der Waals surface area contributed by atoms with Gasteiger partial charge >= 0.3 is 0 Å². The topological polar surface area (TPSA) is 101 Å². The van der Waals surface area contributed by atoms with Gasteiger partial charge in [0, 0.05) is 11.5 Å². The molecule has 6 nitrogen and oxygen atoms in total. The number of benzene rings is 1. The van der Waals surface area contributed by atoms with E-state index in [4.69, 9.17) is 5.73 Å². The number of aromatic amines is 1. The molecule has 0 bridgehead atoms. The van der Waals surface area contributed by atoms with Crippen molar-refractivity contribution in [3.8, 4) is 11.3 Å². The maximum Gasteiger partial charge on any atom is 0.187 e. The number of aromatic nitrogens is 4. The number of aliphatic hydroxyl groups is 1. The van der Waals surface area contributed by atoms with E-state index in [1.807, 2.05) is 38.1 Å². The summed E-state index contributed by atoms with van der Waals surface area (Å²) in [4.78, 5) is 8.80. The fourth-order valence-electron chi connectivity index (χ4n) is 2.26. The maximum atomic E-state index is 9.25. The molecule has 0 amide bonds. The summed E-state index contributed by atoms with van der Waals surface area (Å²) in [6.45, 7) is 4.02. The number of rotatable bonds is 3. The highest BCUT2D eigenvalue weighted by Gasteiger charge is 2.16. The van der Waals surface area contributed by atoms with E-state index in [-0.39, 0.29) is 12.5 Å². The lowest BCUT2D eigenvalue weighted by molar-refractivity contribution is 0.282. The van der Waals surface area contributed by atoms with Gasteiger partial charge in [0.1, 0.15) is 11.6 Å². The van der Waals surface area contributed by atoms with E-state index in [1.54, 1.807) is 0 Å². The molecular weight excluding hydrogens is 266 g/mol. The van der Waals surface area contributed by atoms with E-state index in [2.05, 4.69) is 20.2 Å². The minimum Gasteiger partial charge on any atom is -0.392 e. The molecule has 108 valence electrons. The minimum atomic E-state index is -0.0105. The molecule has 0 spiro atoms. The molecule has 6 heteroatoms. The van der Waals surface area contributed by atoms with Crippen LogP contribution < -0.4 is 5.73 Å². The number of H-pyrrole nitrogens is 1. The molecule has 3 aromatic rings. The second-order valence-corrected chi connectivity index (χ2v) is 5.28. The van der Waals surface area contributed by atoms with Gasteiger partial charge in [0.15, 0.2) is 5.65 Å². The molecule has 0 aliphatic heterocycles.